The summed E-state index contributed by atoms with van der Waals surface area (Å²) in [5.41, 5.74) is 1.90. The molecule has 0 aliphatic rings. The second-order valence-electron chi connectivity index (χ2n) is 2.93. The first-order chi connectivity index (χ1) is 6.20. The van der Waals surface area contributed by atoms with Gasteiger partial charge in [-0.1, -0.05) is 26.0 Å². The van der Waals surface area contributed by atoms with Gasteiger partial charge in [0.15, 0.2) is 5.78 Å². The van der Waals surface area contributed by atoms with Crippen molar-refractivity contribution < 1.29 is 4.79 Å². The zero-order chi connectivity index (χ0) is 9.84. The van der Waals surface area contributed by atoms with Gasteiger partial charge >= 0.3 is 0 Å². The Bertz CT molecular complexity index is 318. The van der Waals surface area contributed by atoms with Crippen LogP contribution >= 0.6 is 12.6 Å². The maximum absolute atomic E-state index is 11.5. The molecule has 0 saturated carbocycles. The topological polar surface area (TPSA) is 17.1 Å². The lowest BCUT2D eigenvalue weighted by molar-refractivity contribution is 0.0987. The van der Waals surface area contributed by atoms with Gasteiger partial charge in [0, 0.05) is 16.9 Å². The van der Waals surface area contributed by atoms with Crippen molar-refractivity contribution in [3.63, 3.8) is 0 Å². The third-order valence-corrected chi connectivity index (χ3v) is 2.55. The fourth-order valence-corrected chi connectivity index (χ4v) is 1.76. The Balaban J connectivity index is 3.20. The highest BCUT2D eigenvalue weighted by Crippen LogP contribution is 2.20. The second-order valence-corrected chi connectivity index (χ2v) is 3.42. The van der Waals surface area contributed by atoms with Gasteiger partial charge in [-0.15, -0.1) is 12.6 Å². The van der Waals surface area contributed by atoms with Gasteiger partial charge < -0.3 is 0 Å². The number of carbonyl (C=O) groups excluding carboxylic acids is 1. The summed E-state index contributed by atoms with van der Waals surface area (Å²) in [5.74, 6) is 0.202. The molecule has 0 aromatic heterocycles. The van der Waals surface area contributed by atoms with Crippen molar-refractivity contribution in [2.24, 2.45) is 0 Å². The molecule has 70 valence electrons. The first kappa shape index (κ1) is 10.3. The minimum atomic E-state index is 0.202. The summed E-state index contributed by atoms with van der Waals surface area (Å²) in [6.07, 6.45) is 1.42. The molecule has 0 aliphatic heterocycles. The first-order valence-electron chi connectivity index (χ1n) is 4.54. The van der Waals surface area contributed by atoms with Gasteiger partial charge in [-0.2, -0.15) is 0 Å². The van der Waals surface area contributed by atoms with Crippen molar-refractivity contribution in [3.8, 4) is 0 Å². The standard InChI is InChI=1S/C11H14OS/c1-3-8-9(10(12)4-2)6-5-7-11(8)13/h5-7,13H,3-4H2,1-2H3. The smallest absolute Gasteiger partial charge is 0.162 e. The summed E-state index contributed by atoms with van der Waals surface area (Å²) in [6.45, 7) is 3.93. The molecule has 0 saturated heterocycles. The van der Waals surface area contributed by atoms with E-state index in [1.54, 1.807) is 0 Å². The van der Waals surface area contributed by atoms with E-state index in [0.29, 0.717) is 6.42 Å². The molecular formula is C11H14OS. The van der Waals surface area contributed by atoms with E-state index in [2.05, 4.69) is 12.6 Å². The van der Waals surface area contributed by atoms with Gasteiger partial charge in [0.2, 0.25) is 0 Å². The van der Waals surface area contributed by atoms with E-state index in [9.17, 15) is 4.79 Å². The summed E-state index contributed by atoms with van der Waals surface area (Å²) in [5, 5.41) is 0. The number of benzene rings is 1. The Hall–Kier alpha value is -0.760. The zero-order valence-electron chi connectivity index (χ0n) is 8.00. The van der Waals surface area contributed by atoms with Crippen LogP contribution in [-0.2, 0) is 6.42 Å². The van der Waals surface area contributed by atoms with Gasteiger partial charge in [0.25, 0.3) is 0 Å². The average Bonchev–Trinajstić information content (AvgIpc) is 2.16. The normalized spacial score (nSPS) is 10.1. The summed E-state index contributed by atoms with van der Waals surface area (Å²) < 4.78 is 0. The summed E-state index contributed by atoms with van der Waals surface area (Å²) in [7, 11) is 0. The molecule has 1 aromatic rings. The van der Waals surface area contributed by atoms with E-state index >= 15 is 0 Å². The zero-order valence-corrected chi connectivity index (χ0v) is 8.90. The van der Waals surface area contributed by atoms with Crippen LogP contribution in [0.25, 0.3) is 0 Å². The molecule has 0 heterocycles. The van der Waals surface area contributed by atoms with Crippen molar-refractivity contribution >= 4 is 18.4 Å². The maximum Gasteiger partial charge on any atom is 0.162 e. The quantitative estimate of drug-likeness (QED) is 0.578. The van der Waals surface area contributed by atoms with E-state index in [1.165, 1.54) is 0 Å². The SMILES string of the molecule is CCC(=O)c1cccc(S)c1CC. The molecule has 1 nitrogen and oxygen atoms in total. The highest BCUT2D eigenvalue weighted by molar-refractivity contribution is 7.80. The van der Waals surface area contributed by atoms with Crippen molar-refractivity contribution in [3.05, 3.63) is 29.3 Å². The van der Waals surface area contributed by atoms with Crippen LogP contribution in [-0.4, -0.2) is 5.78 Å². The van der Waals surface area contributed by atoms with Gasteiger partial charge in [-0.05, 0) is 18.1 Å². The maximum atomic E-state index is 11.5. The number of rotatable bonds is 3. The van der Waals surface area contributed by atoms with Gasteiger partial charge in [0.1, 0.15) is 0 Å². The minimum Gasteiger partial charge on any atom is -0.294 e. The van der Waals surface area contributed by atoms with E-state index in [4.69, 9.17) is 0 Å². The Labute approximate surface area is 84.6 Å². The molecule has 0 spiro atoms. The molecule has 13 heavy (non-hydrogen) atoms. The number of hydrogen-bond acceptors (Lipinski definition) is 2. The predicted octanol–water partition coefficient (Wildman–Crippen LogP) is 3.13. The van der Waals surface area contributed by atoms with E-state index in [0.717, 1.165) is 22.4 Å². The minimum absolute atomic E-state index is 0.202. The Morgan fingerprint density at radius 3 is 2.62 bits per heavy atom. The van der Waals surface area contributed by atoms with Crippen LogP contribution in [0.5, 0.6) is 0 Å². The molecule has 0 aliphatic carbocycles. The predicted molar refractivity (Wildman–Crippen MR) is 57.7 cm³/mol. The molecule has 0 amide bonds. The third-order valence-electron chi connectivity index (χ3n) is 2.13. The van der Waals surface area contributed by atoms with Crippen LogP contribution < -0.4 is 0 Å². The fraction of sp³-hybridized carbons (Fsp3) is 0.364. The monoisotopic (exact) mass is 194 g/mol. The number of carbonyl (C=O) groups is 1. The number of hydrogen-bond donors (Lipinski definition) is 1. The van der Waals surface area contributed by atoms with Crippen LogP contribution in [0, 0.1) is 0 Å². The van der Waals surface area contributed by atoms with Crippen LogP contribution in [0.3, 0.4) is 0 Å². The highest BCUT2D eigenvalue weighted by atomic mass is 32.1. The lowest BCUT2D eigenvalue weighted by Gasteiger charge is -2.07. The van der Waals surface area contributed by atoms with Crippen LogP contribution in [0.2, 0.25) is 0 Å². The van der Waals surface area contributed by atoms with Crippen molar-refractivity contribution in [1.29, 1.82) is 0 Å². The molecule has 0 unspecified atom stereocenters. The first-order valence-corrected chi connectivity index (χ1v) is 4.99. The van der Waals surface area contributed by atoms with E-state index in [-0.39, 0.29) is 5.78 Å². The molecule has 0 N–H and O–H groups in total. The van der Waals surface area contributed by atoms with Crippen molar-refractivity contribution in [2.75, 3.05) is 0 Å². The summed E-state index contributed by atoms with van der Waals surface area (Å²) in [6, 6.07) is 5.68. The fourth-order valence-electron chi connectivity index (χ4n) is 1.40. The highest BCUT2D eigenvalue weighted by Gasteiger charge is 2.09. The largest absolute Gasteiger partial charge is 0.294 e. The van der Waals surface area contributed by atoms with E-state index < -0.39 is 0 Å². The lowest BCUT2D eigenvalue weighted by Crippen LogP contribution is -2.02. The van der Waals surface area contributed by atoms with Gasteiger partial charge in [-0.3, -0.25) is 4.79 Å². The molecular weight excluding hydrogens is 180 g/mol. The van der Waals surface area contributed by atoms with Crippen LogP contribution in [0.1, 0.15) is 36.2 Å². The van der Waals surface area contributed by atoms with Crippen molar-refractivity contribution in [1.82, 2.24) is 0 Å². The Kier molecular flexibility index (Phi) is 3.55. The van der Waals surface area contributed by atoms with E-state index in [1.807, 2.05) is 32.0 Å². The van der Waals surface area contributed by atoms with Gasteiger partial charge in [-0.25, -0.2) is 0 Å². The van der Waals surface area contributed by atoms with Crippen LogP contribution in [0.4, 0.5) is 0 Å². The molecule has 0 fully saturated rings. The molecule has 1 rings (SSSR count). The van der Waals surface area contributed by atoms with Crippen molar-refractivity contribution in [2.45, 2.75) is 31.6 Å². The average molecular weight is 194 g/mol. The summed E-state index contributed by atoms with van der Waals surface area (Å²) in [4.78, 5) is 12.4. The molecule has 2 heteroatoms. The molecule has 1 aromatic carbocycles. The Morgan fingerprint density at radius 1 is 1.38 bits per heavy atom. The lowest BCUT2D eigenvalue weighted by atomic mass is 10.0. The van der Waals surface area contributed by atoms with Crippen LogP contribution in [0.15, 0.2) is 23.1 Å². The molecule has 0 bridgehead atoms. The molecule has 0 atom stereocenters. The molecule has 0 radical (unpaired) electrons. The second kappa shape index (κ2) is 4.47. The number of Topliss-reactive ketones (excluding diaryl/α,β-unsaturated/α-hetero) is 1. The van der Waals surface area contributed by atoms with Gasteiger partial charge in [0.05, 0.1) is 0 Å². The summed E-state index contributed by atoms with van der Waals surface area (Å²) >= 11 is 4.33. The Morgan fingerprint density at radius 2 is 2.08 bits per heavy atom. The number of thiol groups is 1. The third kappa shape index (κ3) is 2.13. The number of ketones is 1.